The maximum absolute atomic E-state index is 13.7. The second-order valence-electron chi connectivity index (χ2n) is 7.74. The molecule has 1 amide bonds. The van der Waals surface area contributed by atoms with Crippen molar-refractivity contribution in [3.05, 3.63) is 97.9 Å². The summed E-state index contributed by atoms with van der Waals surface area (Å²) in [5.74, 6) is -2.08. The van der Waals surface area contributed by atoms with Gasteiger partial charge in [0.05, 0.1) is 0 Å². The number of amides is 1. The topological polar surface area (TPSA) is 65.8 Å². The summed E-state index contributed by atoms with van der Waals surface area (Å²) < 4.78 is 42.2. The molecular weight excluding hydrogens is 494 g/mol. The molecule has 3 aromatic rings. The van der Waals surface area contributed by atoms with E-state index in [1.165, 1.54) is 15.9 Å². The Bertz CT molecular complexity index is 1270. The molecule has 4 rings (SSSR count). The highest BCUT2D eigenvalue weighted by Gasteiger charge is 2.47. The van der Waals surface area contributed by atoms with Gasteiger partial charge >= 0.3 is 6.18 Å². The van der Waals surface area contributed by atoms with E-state index in [0.717, 1.165) is 13.0 Å². The van der Waals surface area contributed by atoms with Crippen LogP contribution in [0.1, 0.15) is 34.6 Å². The minimum Gasteiger partial charge on any atom is -0.502 e. The molecule has 0 saturated heterocycles. The lowest BCUT2D eigenvalue weighted by molar-refractivity contribution is -0.173. The lowest BCUT2D eigenvalue weighted by Crippen LogP contribution is -2.60. The highest BCUT2D eigenvalue weighted by Crippen LogP contribution is 2.39. The number of benzene rings is 2. The van der Waals surface area contributed by atoms with Crippen LogP contribution in [0, 0.1) is 0 Å². The van der Waals surface area contributed by atoms with Gasteiger partial charge in [-0.1, -0.05) is 59.6 Å². The normalized spacial score (nSPS) is 15.0. The summed E-state index contributed by atoms with van der Waals surface area (Å²) in [6, 6.07) is 11.4. The van der Waals surface area contributed by atoms with Gasteiger partial charge in [0.25, 0.3) is 5.91 Å². The molecule has 1 N–H and O–H groups in total. The van der Waals surface area contributed by atoms with Crippen LogP contribution in [-0.4, -0.2) is 39.5 Å². The fraction of sp³-hybridized carbons (Fsp3) is 0.217. The number of carbonyl (C=O) groups is 1. The number of rotatable bonds is 4. The Morgan fingerprint density at radius 2 is 1.47 bits per heavy atom. The Morgan fingerprint density at radius 1 is 0.941 bits per heavy atom. The second kappa shape index (κ2) is 8.88. The third-order valence-electron chi connectivity index (χ3n) is 5.73. The van der Waals surface area contributed by atoms with Gasteiger partial charge in [-0.25, -0.2) is 0 Å². The number of pyridine rings is 1. The highest BCUT2D eigenvalue weighted by atomic mass is 35.5. The van der Waals surface area contributed by atoms with E-state index < -0.39 is 47.7 Å². The summed E-state index contributed by atoms with van der Waals surface area (Å²) >= 11 is 13.0. The third-order valence-corrected chi connectivity index (χ3v) is 6.42. The molecule has 178 valence electrons. The number of fused-ring (bicyclic) bond motifs is 1. The van der Waals surface area contributed by atoms with Crippen LogP contribution in [-0.2, 0) is 0 Å². The molecule has 1 aromatic heterocycles. The van der Waals surface area contributed by atoms with Crippen LogP contribution < -0.4 is 10.4 Å². The molecule has 2 heterocycles. The predicted molar refractivity (Wildman–Crippen MR) is 122 cm³/mol. The summed E-state index contributed by atoms with van der Waals surface area (Å²) in [6.45, 7) is 0.305. The molecule has 6 nitrogen and oxygen atoms in total. The first-order chi connectivity index (χ1) is 16.0. The van der Waals surface area contributed by atoms with Crippen molar-refractivity contribution in [1.29, 1.82) is 0 Å². The maximum atomic E-state index is 13.7. The highest BCUT2D eigenvalue weighted by molar-refractivity contribution is 6.32. The molecule has 0 unspecified atom stereocenters. The molecule has 0 radical (unpaired) electrons. The number of aromatic nitrogens is 1. The van der Waals surface area contributed by atoms with Crippen molar-refractivity contribution < 1.29 is 23.1 Å². The van der Waals surface area contributed by atoms with E-state index in [9.17, 15) is 27.9 Å². The van der Waals surface area contributed by atoms with E-state index >= 15 is 0 Å². The number of hydrogen-bond donors (Lipinski definition) is 1. The van der Waals surface area contributed by atoms with Crippen LogP contribution in [0.15, 0.2) is 65.6 Å². The smallest absolute Gasteiger partial charge is 0.408 e. The monoisotopic (exact) mass is 511 g/mol. The van der Waals surface area contributed by atoms with E-state index in [2.05, 4.69) is 0 Å². The van der Waals surface area contributed by atoms with Crippen molar-refractivity contribution in [3.8, 4) is 5.75 Å². The lowest BCUT2D eigenvalue weighted by Gasteiger charge is -2.46. The standard InChI is InChI=1S/C23H18Cl2F3N3O3/c1-13(23(26,27)28)29-12-31(30-11-10-18(32)21(33)20(30)22(29)34)19(14-6-2-4-8-16(14)24)15-7-3-5-9-17(15)25/h2-11,13,19,33H,12H2,1H3/t13-/m1/s1. The number of halogens is 5. The van der Waals surface area contributed by atoms with Crippen LogP contribution in [0.3, 0.4) is 0 Å². The number of aromatic hydroxyl groups is 1. The molecule has 1 aliphatic heterocycles. The van der Waals surface area contributed by atoms with Crippen LogP contribution in [0.5, 0.6) is 5.75 Å². The molecule has 1 aliphatic rings. The zero-order valence-corrected chi connectivity index (χ0v) is 19.1. The lowest BCUT2D eigenvalue weighted by atomic mass is 9.97. The molecule has 0 aliphatic carbocycles. The largest absolute Gasteiger partial charge is 0.502 e. The Balaban J connectivity index is 2.01. The SMILES string of the molecule is C[C@@H](N1CN(C(c2ccccc2Cl)c2ccccc2Cl)n2ccc(=O)c(O)c2C1=O)C(F)(F)F. The van der Waals surface area contributed by atoms with E-state index in [4.69, 9.17) is 23.2 Å². The Morgan fingerprint density at radius 3 is 1.97 bits per heavy atom. The van der Waals surface area contributed by atoms with Crippen LogP contribution in [0.4, 0.5) is 13.2 Å². The molecular formula is C23H18Cl2F3N3O3. The van der Waals surface area contributed by atoms with Gasteiger partial charge in [-0.15, -0.1) is 0 Å². The van der Waals surface area contributed by atoms with Crippen molar-refractivity contribution in [2.75, 3.05) is 11.7 Å². The summed E-state index contributed by atoms with van der Waals surface area (Å²) in [5.41, 5.74) is -0.488. The van der Waals surface area contributed by atoms with Gasteiger partial charge in [-0.05, 0) is 30.2 Å². The number of nitrogens with zero attached hydrogens (tertiary/aromatic N) is 3. The first kappa shape index (κ1) is 24.0. The molecule has 11 heteroatoms. The summed E-state index contributed by atoms with van der Waals surface area (Å²) in [5, 5.41) is 12.5. The maximum Gasteiger partial charge on any atom is 0.408 e. The summed E-state index contributed by atoms with van der Waals surface area (Å²) in [6.07, 6.45) is -3.52. The third kappa shape index (κ3) is 4.10. The van der Waals surface area contributed by atoms with Crippen molar-refractivity contribution in [3.63, 3.8) is 0 Å². The van der Waals surface area contributed by atoms with Gasteiger partial charge in [0.1, 0.15) is 18.8 Å². The molecule has 0 saturated carbocycles. The molecule has 2 aromatic carbocycles. The first-order valence-corrected chi connectivity index (χ1v) is 10.9. The average Bonchev–Trinajstić information content (AvgIpc) is 2.78. The van der Waals surface area contributed by atoms with Crippen LogP contribution in [0.2, 0.25) is 10.0 Å². The molecule has 0 bridgehead atoms. The molecule has 34 heavy (non-hydrogen) atoms. The molecule has 0 spiro atoms. The Kier molecular flexibility index (Phi) is 6.26. The fourth-order valence-electron chi connectivity index (χ4n) is 3.92. The second-order valence-corrected chi connectivity index (χ2v) is 8.56. The van der Waals surface area contributed by atoms with E-state index in [1.54, 1.807) is 48.5 Å². The van der Waals surface area contributed by atoms with Crippen molar-refractivity contribution in [2.45, 2.75) is 25.2 Å². The summed E-state index contributed by atoms with van der Waals surface area (Å²) in [4.78, 5) is 25.7. The van der Waals surface area contributed by atoms with Crippen molar-refractivity contribution in [1.82, 2.24) is 9.58 Å². The Labute approximate surface area is 202 Å². The fourth-order valence-corrected chi connectivity index (χ4v) is 4.40. The zero-order valence-electron chi connectivity index (χ0n) is 17.6. The summed E-state index contributed by atoms with van der Waals surface area (Å²) in [7, 11) is 0. The quantitative estimate of drug-likeness (QED) is 0.538. The number of alkyl halides is 3. The zero-order chi connectivity index (χ0) is 24.8. The average molecular weight is 512 g/mol. The van der Waals surface area contributed by atoms with Gasteiger partial charge in [-0.3, -0.25) is 19.3 Å². The van der Waals surface area contributed by atoms with Gasteiger partial charge in [0, 0.05) is 22.3 Å². The van der Waals surface area contributed by atoms with E-state index in [-0.39, 0.29) is 0 Å². The first-order valence-electron chi connectivity index (χ1n) is 10.1. The number of carbonyl (C=O) groups excluding carboxylic acids is 1. The van der Waals surface area contributed by atoms with E-state index in [1.807, 2.05) is 0 Å². The van der Waals surface area contributed by atoms with Crippen molar-refractivity contribution in [2.24, 2.45) is 0 Å². The molecule has 1 atom stereocenters. The van der Waals surface area contributed by atoms with Gasteiger partial charge < -0.3 is 10.0 Å². The minimum absolute atomic E-state index is 0.312. The Hall–Kier alpha value is -3.17. The van der Waals surface area contributed by atoms with Gasteiger partial charge in [0.2, 0.25) is 5.43 Å². The van der Waals surface area contributed by atoms with E-state index in [0.29, 0.717) is 26.1 Å². The number of hydrogen-bond acceptors (Lipinski definition) is 4. The predicted octanol–water partition coefficient (Wildman–Crippen LogP) is 4.95. The van der Waals surface area contributed by atoms with Crippen LogP contribution in [0.25, 0.3) is 0 Å². The minimum atomic E-state index is -4.75. The van der Waals surface area contributed by atoms with Gasteiger partial charge in [-0.2, -0.15) is 13.2 Å². The van der Waals surface area contributed by atoms with Gasteiger partial charge in [0.15, 0.2) is 11.4 Å². The van der Waals surface area contributed by atoms with Crippen molar-refractivity contribution >= 4 is 29.1 Å². The molecule has 0 fully saturated rings. The van der Waals surface area contributed by atoms with Crippen LogP contribution >= 0.6 is 23.2 Å².